The van der Waals surface area contributed by atoms with Crippen LogP contribution in [0.3, 0.4) is 0 Å². The Hall–Kier alpha value is -1.22. The van der Waals surface area contributed by atoms with Gasteiger partial charge in [-0.3, -0.25) is 0 Å². The van der Waals surface area contributed by atoms with Crippen LogP contribution in [-0.2, 0) is 0 Å². The van der Waals surface area contributed by atoms with Crippen molar-refractivity contribution in [2.45, 2.75) is 6.04 Å². The molecule has 1 heterocycles. The van der Waals surface area contributed by atoms with Gasteiger partial charge >= 0.3 is 0 Å². The Labute approximate surface area is 129 Å². The van der Waals surface area contributed by atoms with Gasteiger partial charge < -0.3 is 10.2 Å². The molecule has 4 heteroatoms. The van der Waals surface area contributed by atoms with Gasteiger partial charge in [-0.2, -0.15) is 0 Å². The Kier molecular flexibility index (Phi) is 4.16. The van der Waals surface area contributed by atoms with E-state index in [0.717, 1.165) is 25.2 Å². The van der Waals surface area contributed by atoms with Crippen LogP contribution >= 0.6 is 23.2 Å². The largest absolute Gasteiger partial charge is 0.368 e. The van der Waals surface area contributed by atoms with Crippen molar-refractivity contribution in [2.75, 3.05) is 24.5 Å². The number of hydrogen-bond acceptors (Lipinski definition) is 2. The number of benzene rings is 2. The number of rotatable bonds is 2. The maximum absolute atomic E-state index is 6.33. The summed E-state index contributed by atoms with van der Waals surface area (Å²) in [4.78, 5) is 2.37. The molecule has 2 aromatic carbocycles. The molecule has 1 fully saturated rings. The predicted octanol–water partition coefficient (Wildman–Crippen LogP) is 4.14. The van der Waals surface area contributed by atoms with Crippen molar-refractivity contribution in [3.8, 4) is 0 Å². The van der Waals surface area contributed by atoms with Gasteiger partial charge in [0.2, 0.25) is 0 Å². The Balaban J connectivity index is 1.83. The smallest absolute Gasteiger partial charge is 0.0640 e. The van der Waals surface area contributed by atoms with Gasteiger partial charge in [-0.1, -0.05) is 53.5 Å². The van der Waals surface area contributed by atoms with Crippen molar-refractivity contribution < 1.29 is 0 Å². The van der Waals surface area contributed by atoms with Crippen LogP contribution in [-0.4, -0.2) is 19.6 Å². The molecule has 104 valence electrons. The molecule has 0 bridgehead atoms. The SMILES string of the molecule is Clc1cccc(C2CN(c3ccccc3)CCN2)c1Cl. The van der Waals surface area contributed by atoms with Crippen molar-refractivity contribution in [3.63, 3.8) is 0 Å². The summed E-state index contributed by atoms with van der Waals surface area (Å²) in [6.07, 6.45) is 0. The summed E-state index contributed by atoms with van der Waals surface area (Å²) in [5.74, 6) is 0. The molecule has 0 aromatic heterocycles. The van der Waals surface area contributed by atoms with E-state index in [1.807, 2.05) is 24.3 Å². The number of halogens is 2. The molecule has 1 aliphatic rings. The first-order chi connectivity index (χ1) is 9.75. The quantitative estimate of drug-likeness (QED) is 0.897. The van der Waals surface area contributed by atoms with Gasteiger partial charge in [0, 0.05) is 25.3 Å². The van der Waals surface area contributed by atoms with Crippen LogP contribution in [0.25, 0.3) is 0 Å². The second-order valence-corrected chi connectivity index (χ2v) is 5.72. The summed E-state index contributed by atoms with van der Waals surface area (Å²) in [5, 5.41) is 4.79. The van der Waals surface area contributed by atoms with E-state index in [1.165, 1.54) is 5.69 Å². The third-order valence-corrected chi connectivity index (χ3v) is 4.49. The predicted molar refractivity (Wildman–Crippen MR) is 85.9 cm³/mol. The first kappa shape index (κ1) is 13.7. The van der Waals surface area contributed by atoms with Crippen molar-refractivity contribution in [3.05, 3.63) is 64.1 Å². The number of para-hydroxylation sites is 1. The zero-order chi connectivity index (χ0) is 13.9. The lowest BCUT2D eigenvalue weighted by molar-refractivity contribution is 0.472. The molecule has 1 atom stereocenters. The van der Waals surface area contributed by atoms with Gasteiger partial charge in [0.05, 0.1) is 16.1 Å². The van der Waals surface area contributed by atoms with E-state index < -0.39 is 0 Å². The fourth-order valence-electron chi connectivity index (χ4n) is 2.62. The molecular formula is C16H16Cl2N2. The molecule has 20 heavy (non-hydrogen) atoms. The summed E-state index contributed by atoms with van der Waals surface area (Å²) in [5.41, 5.74) is 2.32. The van der Waals surface area contributed by atoms with Gasteiger partial charge in [0.25, 0.3) is 0 Å². The Bertz CT molecular complexity index is 586. The highest BCUT2D eigenvalue weighted by atomic mass is 35.5. The van der Waals surface area contributed by atoms with Crippen molar-refractivity contribution in [1.29, 1.82) is 0 Å². The third kappa shape index (κ3) is 2.78. The monoisotopic (exact) mass is 306 g/mol. The molecule has 1 saturated heterocycles. The number of piperazine rings is 1. The molecule has 0 spiro atoms. The van der Waals surface area contributed by atoms with Crippen molar-refractivity contribution in [1.82, 2.24) is 5.32 Å². The number of hydrogen-bond donors (Lipinski definition) is 1. The standard InChI is InChI=1S/C16H16Cl2N2/c17-14-8-4-7-13(16(14)18)15-11-20(10-9-19-15)12-5-2-1-3-6-12/h1-8,15,19H,9-11H2. The van der Waals surface area contributed by atoms with Crippen molar-refractivity contribution in [2.24, 2.45) is 0 Å². The van der Waals surface area contributed by atoms with Crippen LogP contribution in [0.2, 0.25) is 10.0 Å². The zero-order valence-corrected chi connectivity index (χ0v) is 12.5. The highest BCUT2D eigenvalue weighted by molar-refractivity contribution is 6.42. The fraction of sp³-hybridized carbons (Fsp3) is 0.250. The summed E-state index contributed by atoms with van der Waals surface area (Å²) in [7, 11) is 0. The van der Waals surface area contributed by atoms with Crippen LogP contribution in [0.15, 0.2) is 48.5 Å². The van der Waals surface area contributed by atoms with E-state index in [2.05, 4.69) is 34.5 Å². The first-order valence-corrected chi connectivity index (χ1v) is 7.48. The second kappa shape index (κ2) is 6.04. The number of anilines is 1. The molecule has 2 nitrogen and oxygen atoms in total. The van der Waals surface area contributed by atoms with E-state index in [9.17, 15) is 0 Å². The molecule has 1 aliphatic heterocycles. The highest BCUT2D eigenvalue weighted by Crippen LogP contribution is 2.32. The second-order valence-electron chi connectivity index (χ2n) is 4.93. The van der Waals surface area contributed by atoms with Crippen LogP contribution in [0.1, 0.15) is 11.6 Å². The first-order valence-electron chi connectivity index (χ1n) is 6.73. The minimum atomic E-state index is 0.204. The Morgan fingerprint density at radius 3 is 2.60 bits per heavy atom. The molecule has 1 unspecified atom stereocenters. The molecule has 0 amide bonds. The lowest BCUT2D eigenvalue weighted by Gasteiger charge is -2.36. The van der Waals surface area contributed by atoms with Crippen LogP contribution in [0.5, 0.6) is 0 Å². The summed E-state index contributed by atoms with van der Waals surface area (Å²) < 4.78 is 0. The molecule has 2 aromatic rings. The Morgan fingerprint density at radius 1 is 1.00 bits per heavy atom. The van der Waals surface area contributed by atoms with Crippen molar-refractivity contribution >= 4 is 28.9 Å². The van der Waals surface area contributed by atoms with E-state index in [1.54, 1.807) is 0 Å². The fourth-order valence-corrected chi connectivity index (χ4v) is 3.06. The van der Waals surface area contributed by atoms with Gasteiger partial charge in [-0.25, -0.2) is 0 Å². The molecule has 0 saturated carbocycles. The van der Waals surface area contributed by atoms with E-state index in [-0.39, 0.29) is 6.04 Å². The topological polar surface area (TPSA) is 15.3 Å². The van der Waals surface area contributed by atoms with Gasteiger partial charge in [0.15, 0.2) is 0 Å². The Morgan fingerprint density at radius 2 is 1.80 bits per heavy atom. The zero-order valence-electron chi connectivity index (χ0n) is 11.0. The van der Waals surface area contributed by atoms with E-state index in [4.69, 9.17) is 23.2 Å². The maximum atomic E-state index is 6.33. The van der Waals surface area contributed by atoms with Crippen LogP contribution < -0.4 is 10.2 Å². The summed E-state index contributed by atoms with van der Waals surface area (Å²) in [6, 6.07) is 16.5. The molecular weight excluding hydrogens is 291 g/mol. The minimum absolute atomic E-state index is 0.204. The van der Waals surface area contributed by atoms with Gasteiger partial charge in [-0.05, 0) is 23.8 Å². The summed E-state index contributed by atoms with van der Waals surface area (Å²) >= 11 is 12.4. The third-order valence-electron chi connectivity index (χ3n) is 3.65. The lowest BCUT2D eigenvalue weighted by atomic mass is 10.0. The molecule has 0 aliphatic carbocycles. The molecule has 3 rings (SSSR count). The highest BCUT2D eigenvalue weighted by Gasteiger charge is 2.23. The van der Waals surface area contributed by atoms with Crippen LogP contribution in [0.4, 0.5) is 5.69 Å². The normalized spacial score (nSPS) is 19.1. The number of nitrogens with one attached hydrogen (secondary N) is 1. The van der Waals surface area contributed by atoms with E-state index >= 15 is 0 Å². The molecule has 0 radical (unpaired) electrons. The molecule has 1 N–H and O–H groups in total. The minimum Gasteiger partial charge on any atom is -0.368 e. The lowest BCUT2D eigenvalue weighted by Crippen LogP contribution is -2.46. The van der Waals surface area contributed by atoms with E-state index in [0.29, 0.717) is 10.0 Å². The number of nitrogens with zero attached hydrogens (tertiary/aromatic N) is 1. The summed E-state index contributed by atoms with van der Waals surface area (Å²) in [6.45, 7) is 2.82. The van der Waals surface area contributed by atoms with Crippen LogP contribution in [0, 0.1) is 0 Å². The average Bonchev–Trinajstić information content (AvgIpc) is 2.51. The van der Waals surface area contributed by atoms with Gasteiger partial charge in [0.1, 0.15) is 0 Å². The maximum Gasteiger partial charge on any atom is 0.0640 e. The van der Waals surface area contributed by atoms with Gasteiger partial charge in [-0.15, -0.1) is 0 Å². The average molecular weight is 307 g/mol.